The lowest BCUT2D eigenvalue weighted by Gasteiger charge is -2.40. The number of rotatable bonds is 8. The summed E-state index contributed by atoms with van der Waals surface area (Å²) in [5.74, 6) is 1.39. The van der Waals surface area contributed by atoms with E-state index >= 15 is 0 Å². The number of benzene rings is 3. The maximum absolute atomic E-state index is 12.5. The minimum Gasteiger partial charge on any atom is -0.492 e. The van der Waals surface area contributed by atoms with E-state index in [9.17, 15) is 10.2 Å². The van der Waals surface area contributed by atoms with Gasteiger partial charge in [0.2, 0.25) is 0 Å². The molecule has 3 aromatic rings. The Morgan fingerprint density at radius 1 is 0.943 bits per heavy atom. The summed E-state index contributed by atoms with van der Waals surface area (Å²) in [6.07, 6.45) is -0.861. The topological polar surface area (TPSA) is 68.2 Å². The van der Waals surface area contributed by atoms with E-state index in [0.29, 0.717) is 39.3 Å². The van der Waals surface area contributed by atoms with Crippen LogP contribution in [0, 0.1) is 0 Å². The largest absolute Gasteiger partial charge is 0.492 e. The zero-order chi connectivity index (χ0) is 24.6. The quantitative estimate of drug-likeness (QED) is 0.368. The summed E-state index contributed by atoms with van der Waals surface area (Å²) in [6.45, 7) is 0.492. The van der Waals surface area contributed by atoms with E-state index in [1.807, 2.05) is 42.5 Å². The van der Waals surface area contributed by atoms with E-state index in [-0.39, 0.29) is 31.4 Å². The molecule has 0 spiro atoms. The molecule has 1 aliphatic carbocycles. The first-order valence-electron chi connectivity index (χ1n) is 11.4. The Bertz CT molecular complexity index is 1190. The van der Waals surface area contributed by atoms with Crippen molar-refractivity contribution in [1.82, 2.24) is 0 Å². The summed E-state index contributed by atoms with van der Waals surface area (Å²) in [5.41, 5.74) is -1.15. The first-order chi connectivity index (χ1) is 17.0. The van der Waals surface area contributed by atoms with E-state index in [1.165, 1.54) is 0 Å². The standard InChI is InChI=1S/C27H25Cl3O5/c28-10-12-33-20-14-22(34-13-11-29)25-23(15-20)35-27(18-6-8-19(30)9-7-18)21(16-24(31)26(25,27)32)17-4-2-1-3-5-17/h1-9,14-15,21,24,31-32H,10-13,16H2/t21-,24+,26+,27-/m1/s1. The third-order valence-electron chi connectivity index (χ3n) is 6.85. The molecule has 2 N–H and O–H groups in total. The third-order valence-corrected chi connectivity index (χ3v) is 7.41. The molecule has 1 saturated carbocycles. The number of fused-ring (bicyclic) bond motifs is 3. The van der Waals surface area contributed by atoms with E-state index < -0.39 is 17.3 Å². The fraction of sp³-hybridized carbons (Fsp3) is 0.333. The van der Waals surface area contributed by atoms with E-state index in [1.54, 1.807) is 24.3 Å². The van der Waals surface area contributed by atoms with E-state index in [2.05, 4.69) is 0 Å². The lowest BCUT2D eigenvalue weighted by Crippen LogP contribution is -2.52. The van der Waals surface area contributed by atoms with Crippen LogP contribution in [0.3, 0.4) is 0 Å². The van der Waals surface area contributed by atoms with Crippen molar-refractivity contribution in [2.45, 2.75) is 29.6 Å². The average molecular weight is 536 g/mol. The van der Waals surface area contributed by atoms with Crippen molar-refractivity contribution in [1.29, 1.82) is 0 Å². The summed E-state index contributed by atoms with van der Waals surface area (Å²) in [6, 6.07) is 20.3. The Morgan fingerprint density at radius 2 is 1.63 bits per heavy atom. The summed E-state index contributed by atoms with van der Waals surface area (Å²) >= 11 is 17.9. The van der Waals surface area contributed by atoms with Gasteiger partial charge in [-0.2, -0.15) is 0 Å². The zero-order valence-corrected chi connectivity index (χ0v) is 21.1. The molecule has 4 atom stereocenters. The van der Waals surface area contributed by atoms with Crippen LogP contribution in [0.15, 0.2) is 66.7 Å². The lowest BCUT2D eigenvalue weighted by atomic mass is 9.71. The van der Waals surface area contributed by atoms with Gasteiger partial charge in [0.15, 0.2) is 11.2 Å². The van der Waals surface area contributed by atoms with Gasteiger partial charge in [-0.1, -0.05) is 54.1 Å². The van der Waals surface area contributed by atoms with Crippen LogP contribution in [-0.2, 0) is 11.2 Å². The molecule has 5 rings (SSSR count). The molecule has 0 radical (unpaired) electrons. The fourth-order valence-corrected chi connectivity index (χ4v) is 5.79. The van der Waals surface area contributed by atoms with Crippen LogP contribution in [0.25, 0.3) is 0 Å². The smallest absolute Gasteiger partial charge is 0.176 e. The Labute approximate surface area is 219 Å². The number of aliphatic hydroxyl groups is 2. The van der Waals surface area contributed by atoms with Crippen molar-refractivity contribution in [3.63, 3.8) is 0 Å². The number of hydrogen-bond donors (Lipinski definition) is 2. The molecule has 3 aromatic carbocycles. The van der Waals surface area contributed by atoms with Gasteiger partial charge in [-0.25, -0.2) is 0 Å². The highest BCUT2D eigenvalue weighted by Gasteiger charge is 2.73. The number of halogens is 3. The molecule has 0 saturated heterocycles. The highest BCUT2D eigenvalue weighted by molar-refractivity contribution is 6.30. The van der Waals surface area contributed by atoms with Crippen molar-refractivity contribution < 1.29 is 24.4 Å². The van der Waals surface area contributed by atoms with Crippen molar-refractivity contribution in [3.05, 3.63) is 88.4 Å². The second kappa shape index (κ2) is 9.72. The summed E-state index contributed by atoms with van der Waals surface area (Å²) in [4.78, 5) is 0. The zero-order valence-electron chi connectivity index (χ0n) is 18.8. The maximum atomic E-state index is 12.5. The molecule has 1 heterocycles. The molecule has 0 amide bonds. The van der Waals surface area contributed by atoms with Crippen LogP contribution >= 0.6 is 34.8 Å². The van der Waals surface area contributed by atoms with Crippen LogP contribution in [0.1, 0.15) is 29.0 Å². The van der Waals surface area contributed by atoms with Crippen LogP contribution in [0.5, 0.6) is 17.2 Å². The Kier molecular flexibility index (Phi) is 6.81. The van der Waals surface area contributed by atoms with Crippen molar-refractivity contribution in [2.75, 3.05) is 25.0 Å². The predicted octanol–water partition coefficient (Wildman–Crippen LogP) is 5.60. The van der Waals surface area contributed by atoms with Gasteiger partial charge in [-0.05, 0) is 29.7 Å². The molecular formula is C27H25Cl3O5. The number of aliphatic hydroxyl groups excluding tert-OH is 1. The minimum absolute atomic E-state index is 0.204. The van der Waals surface area contributed by atoms with Gasteiger partial charge >= 0.3 is 0 Å². The van der Waals surface area contributed by atoms with Gasteiger partial charge in [0.1, 0.15) is 30.5 Å². The maximum Gasteiger partial charge on any atom is 0.176 e. The highest BCUT2D eigenvalue weighted by atomic mass is 35.5. The second-order valence-electron chi connectivity index (χ2n) is 8.70. The first kappa shape index (κ1) is 24.5. The fourth-order valence-electron chi connectivity index (χ4n) is 5.51. The second-order valence-corrected chi connectivity index (χ2v) is 9.89. The van der Waals surface area contributed by atoms with Crippen molar-refractivity contribution >= 4 is 34.8 Å². The molecule has 1 aliphatic heterocycles. The molecule has 184 valence electrons. The van der Waals surface area contributed by atoms with Gasteiger partial charge in [0.05, 0.1) is 23.4 Å². The van der Waals surface area contributed by atoms with Crippen LogP contribution < -0.4 is 14.2 Å². The van der Waals surface area contributed by atoms with Crippen LogP contribution in [-0.4, -0.2) is 41.3 Å². The highest BCUT2D eigenvalue weighted by Crippen LogP contribution is 2.68. The number of ether oxygens (including phenoxy) is 3. The summed E-state index contributed by atoms with van der Waals surface area (Å²) in [7, 11) is 0. The molecule has 5 nitrogen and oxygen atoms in total. The molecule has 2 aliphatic rings. The van der Waals surface area contributed by atoms with E-state index in [4.69, 9.17) is 49.0 Å². The monoisotopic (exact) mass is 534 g/mol. The van der Waals surface area contributed by atoms with Crippen molar-refractivity contribution in [2.24, 2.45) is 0 Å². The first-order valence-corrected chi connectivity index (χ1v) is 12.9. The minimum atomic E-state index is -1.82. The Hall–Kier alpha value is -2.15. The molecular weight excluding hydrogens is 511 g/mol. The lowest BCUT2D eigenvalue weighted by molar-refractivity contribution is -0.150. The number of hydrogen-bond acceptors (Lipinski definition) is 5. The Balaban J connectivity index is 1.75. The molecule has 0 aromatic heterocycles. The summed E-state index contributed by atoms with van der Waals surface area (Å²) in [5, 5.41) is 24.6. The van der Waals surface area contributed by atoms with Gasteiger partial charge in [-0.15, -0.1) is 23.2 Å². The molecule has 0 bridgehead atoms. The predicted molar refractivity (Wildman–Crippen MR) is 136 cm³/mol. The summed E-state index contributed by atoms with van der Waals surface area (Å²) < 4.78 is 18.5. The van der Waals surface area contributed by atoms with Gasteiger partial charge in [0, 0.05) is 23.1 Å². The van der Waals surface area contributed by atoms with Gasteiger partial charge in [0.25, 0.3) is 0 Å². The molecule has 8 heteroatoms. The SMILES string of the molecule is O[C@H]1C[C@H](c2ccccc2)[C@@]2(c3ccc(Cl)cc3)Oc3cc(OCCCl)cc(OCCCl)c3[C@@]12O. The average Bonchev–Trinajstić information content (AvgIpc) is 3.27. The third kappa shape index (κ3) is 3.85. The van der Waals surface area contributed by atoms with Gasteiger partial charge in [-0.3, -0.25) is 0 Å². The normalized spacial score (nSPS) is 26.7. The van der Waals surface area contributed by atoms with E-state index in [0.717, 1.165) is 5.56 Å². The van der Waals surface area contributed by atoms with Crippen LogP contribution in [0.4, 0.5) is 0 Å². The van der Waals surface area contributed by atoms with Gasteiger partial charge < -0.3 is 24.4 Å². The Morgan fingerprint density at radius 3 is 2.31 bits per heavy atom. The van der Waals surface area contributed by atoms with Crippen LogP contribution in [0.2, 0.25) is 5.02 Å². The molecule has 1 fully saturated rings. The molecule has 0 unspecified atom stereocenters. The molecule has 35 heavy (non-hydrogen) atoms. The number of alkyl halides is 2. The van der Waals surface area contributed by atoms with Crippen molar-refractivity contribution in [3.8, 4) is 17.2 Å².